The Morgan fingerprint density at radius 2 is 1.98 bits per heavy atom. The average molecular weight is 624 g/mol. The molecule has 236 valence electrons. The highest BCUT2D eigenvalue weighted by Gasteiger charge is 2.50. The van der Waals surface area contributed by atoms with Gasteiger partial charge in [0.25, 0.3) is 0 Å². The van der Waals surface area contributed by atoms with Gasteiger partial charge in [-0.15, -0.1) is 6.42 Å². The van der Waals surface area contributed by atoms with Gasteiger partial charge in [0.1, 0.15) is 35.6 Å². The smallest absolute Gasteiger partial charge is 0.319 e. The van der Waals surface area contributed by atoms with Crippen LogP contribution in [0.2, 0.25) is 0 Å². The van der Waals surface area contributed by atoms with Crippen LogP contribution in [0.1, 0.15) is 56.7 Å². The van der Waals surface area contributed by atoms with Crippen LogP contribution in [-0.4, -0.2) is 63.8 Å². The van der Waals surface area contributed by atoms with E-state index in [0.717, 1.165) is 31.6 Å². The topological polar surface area (TPSA) is 54.4 Å². The van der Waals surface area contributed by atoms with E-state index in [1.165, 1.54) is 25.3 Å². The Bertz CT molecular complexity index is 1960. The van der Waals surface area contributed by atoms with Gasteiger partial charge >= 0.3 is 6.01 Å². The van der Waals surface area contributed by atoms with Crippen molar-refractivity contribution in [1.29, 1.82) is 0 Å². The second-order valence-electron chi connectivity index (χ2n) is 14.4. The first-order chi connectivity index (χ1) is 22.3. The number of anilines is 1. The van der Waals surface area contributed by atoms with Gasteiger partial charge in [-0.3, -0.25) is 4.90 Å². The van der Waals surface area contributed by atoms with Gasteiger partial charge in [0.15, 0.2) is 5.82 Å². The molecule has 2 bridgehead atoms. The predicted octanol–water partition coefficient (Wildman–Crippen LogP) is 6.86. The van der Waals surface area contributed by atoms with E-state index < -0.39 is 17.8 Å². The fourth-order valence-corrected chi connectivity index (χ4v) is 9.81. The van der Waals surface area contributed by atoms with Gasteiger partial charge in [-0.1, -0.05) is 37.1 Å². The van der Waals surface area contributed by atoms with Crippen molar-refractivity contribution in [3.8, 4) is 29.6 Å². The van der Waals surface area contributed by atoms with Crippen molar-refractivity contribution in [1.82, 2.24) is 19.9 Å². The molecule has 0 amide bonds. The molecular formula is C37H36F3N5O. The zero-order chi connectivity index (χ0) is 31.3. The maximum Gasteiger partial charge on any atom is 0.319 e. The maximum atomic E-state index is 17.1. The first-order valence-corrected chi connectivity index (χ1v) is 16.7. The summed E-state index contributed by atoms with van der Waals surface area (Å²) in [4.78, 5) is 19.4. The monoisotopic (exact) mass is 623 g/mol. The molecule has 4 aliphatic heterocycles. The summed E-state index contributed by atoms with van der Waals surface area (Å²) in [5.41, 5.74) is 1.10. The van der Waals surface area contributed by atoms with E-state index in [1.54, 1.807) is 12.1 Å². The van der Waals surface area contributed by atoms with Crippen molar-refractivity contribution in [2.75, 3.05) is 31.1 Å². The first kappa shape index (κ1) is 28.3. The van der Waals surface area contributed by atoms with Crippen LogP contribution in [0.25, 0.3) is 32.9 Å². The molecule has 46 heavy (non-hydrogen) atoms. The van der Waals surface area contributed by atoms with Gasteiger partial charge in [0.2, 0.25) is 0 Å². The molecule has 3 saturated heterocycles. The van der Waals surface area contributed by atoms with E-state index >= 15 is 4.39 Å². The third-order valence-electron chi connectivity index (χ3n) is 11.7. The molecule has 4 aromatic rings. The number of fused-ring (bicyclic) bond motifs is 7. The van der Waals surface area contributed by atoms with E-state index in [-0.39, 0.29) is 46.9 Å². The minimum Gasteiger partial charge on any atom is -0.461 e. The Hall–Kier alpha value is -3.90. The minimum absolute atomic E-state index is 0.0808. The highest BCUT2D eigenvalue weighted by Crippen LogP contribution is 2.49. The van der Waals surface area contributed by atoms with Crippen LogP contribution in [0, 0.1) is 41.7 Å². The lowest BCUT2D eigenvalue weighted by molar-refractivity contribution is 0.107. The Kier molecular flexibility index (Phi) is 6.34. The van der Waals surface area contributed by atoms with Gasteiger partial charge in [-0.05, 0) is 74.3 Å². The van der Waals surface area contributed by atoms with Crippen LogP contribution in [0.4, 0.5) is 19.0 Å². The number of hydrogen-bond donors (Lipinski definition) is 0. The normalized spacial score (nSPS) is 30.0. The number of halogens is 3. The molecule has 0 radical (unpaired) electrons. The molecule has 2 aromatic carbocycles. The second kappa shape index (κ2) is 10.3. The van der Waals surface area contributed by atoms with E-state index in [9.17, 15) is 8.78 Å². The fourth-order valence-electron chi connectivity index (χ4n) is 9.81. The zero-order valence-corrected chi connectivity index (χ0v) is 25.9. The fraction of sp³-hybridized carbons (Fsp3) is 0.486. The lowest BCUT2D eigenvalue weighted by Gasteiger charge is -2.43. The van der Waals surface area contributed by atoms with Crippen LogP contribution < -0.4 is 9.64 Å². The van der Waals surface area contributed by atoms with E-state index in [4.69, 9.17) is 26.1 Å². The lowest BCUT2D eigenvalue weighted by atomic mass is 9.82. The van der Waals surface area contributed by atoms with Gasteiger partial charge in [0.05, 0.1) is 22.2 Å². The number of benzene rings is 2. The van der Waals surface area contributed by atoms with Crippen molar-refractivity contribution in [2.24, 2.45) is 17.8 Å². The van der Waals surface area contributed by atoms with E-state index in [2.05, 4.69) is 22.6 Å². The molecule has 6 heterocycles. The van der Waals surface area contributed by atoms with Crippen LogP contribution in [0.15, 0.2) is 30.3 Å². The molecule has 0 unspecified atom stereocenters. The number of rotatable bonds is 4. The number of hydrogen-bond acceptors (Lipinski definition) is 6. The van der Waals surface area contributed by atoms with Gasteiger partial charge in [0, 0.05) is 36.5 Å². The highest BCUT2D eigenvalue weighted by molar-refractivity contribution is 6.02. The summed E-state index contributed by atoms with van der Waals surface area (Å²) in [5, 5.41) is 1.78. The van der Waals surface area contributed by atoms with Crippen LogP contribution in [0.5, 0.6) is 6.01 Å². The molecular weight excluding hydrogens is 587 g/mol. The minimum atomic E-state index is -0.885. The molecule has 1 saturated carbocycles. The summed E-state index contributed by atoms with van der Waals surface area (Å²) in [6.07, 6.45) is 11.4. The summed E-state index contributed by atoms with van der Waals surface area (Å²) in [6, 6.07) is 8.74. The Balaban J connectivity index is 1.25. The van der Waals surface area contributed by atoms with Crippen LogP contribution in [-0.2, 0) is 6.42 Å². The van der Waals surface area contributed by atoms with Gasteiger partial charge < -0.3 is 9.64 Å². The van der Waals surface area contributed by atoms with Crippen molar-refractivity contribution in [3.05, 3.63) is 53.2 Å². The summed E-state index contributed by atoms with van der Waals surface area (Å²) in [6.45, 7) is 4.64. The second-order valence-corrected chi connectivity index (χ2v) is 14.4. The number of nitrogens with zero attached hydrogens (tertiary/aromatic N) is 5. The molecule has 4 fully saturated rings. The number of pyridine rings is 1. The molecule has 0 N–H and O–H groups in total. The van der Waals surface area contributed by atoms with E-state index in [0.29, 0.717) is 58.8 Å². The maximum absolute atomic E-state index is 17.1. The largest absolute Gasteiger partial charge is 0.461 e. The summed E-state index contributed by atoms with van der Waals surface area (Å²) in [5.74, 6) is 3.37. The van der Waals surface area contributed by atoms with Crippen LogP contribution in [0.3, 0.4) is 0 Å². The molecule has 1 aliphatic carbocycles. The van der Waals surface area contributed by atoms with Crippen molar-refractivity contribution < 1.29 is 17.9 Å². The molecule has 2 aromatic heterocycles. The highest BCUT2D eigenvalue weighted by atomic mass is 19.1. The molecule has 9 heteroatoms. The first-order valence-electron chi connectivity index (χ1n) is 16.7. The molecule has 6 atom stereocenters. The molecule has 0 spiro atoms. The Morgan fingerprint density at radius 1 is 1.09 bits per heavy atom. The Labute approximate surface area is 266 Å². The number of piperidine rings is 1. The van der Waals surface area contributed by atoms with Crippen molar-refractivity contribution >= 4 is 27.5 Å². The SMILES string of the molecule is C#Cc1c(F)ccc2cccc(-c3nc4c5c(nc(OC[C@@]67CCCN6C[C@H](F)C7)nc5c3F)N3C[C@H]5CC[C@H](C5)[C@@H]3[C@@H](C)C4)c12. The van der Waals surface area contributed by atoms with Crippen molar-refractivity contribution in [2.45, 2.75) is 69.6 Å². The van der Waals surface area contributed by atoms with Gasteiger partial charge in [-0.2, -0.15) is 9.97 Å². The third kappa shape index (κ3) is 4.11. The van der Waals surface area contributed by atoms with Gasteiger partial charge in [-0.25, -0.2) is 18.2 Å². The Morgan fingerprint density at radius 3 is 2.85 bits per heavy atom. The summed E-state index contributed by atoms with van der Waals surface area (Å²) in [7, 11) is 0. The standard InChI is InChI=1S/C37H36F3N5O/c1-3-25-27(39)11-10-22-6-4-7-26(29(22)25)32-31(40)33-30-28(41-32)14-20(2)34-23-9-8-21(15-23)17-45(34)35(30)43-36(42-33)46-19-37-12-5-13-44(37)18-24(38)16-37/h1,4,6-7,10-11,20-21,23-24,34H,5,8-9,12-19H2,2H3/t20-,21-,23+,24+,34-,37-/m0/s1. The quantitative estimate of drug-likeness (QED) is 0.232. The predicted molar refractivity (Wildman–Crippen MR) is 172 cm³/mol. The average Bonchev–Trinajstić information content (AvgIpc) is 3.69. The molecule has 5 aliphatic rings. The summed E-state index contributed by atoms with van der Waals surface area (Å²) < 4.78 is 53.0. The number of ether oxygens (including phenoxy) is 1. The summed E-state index contributed by atoms with van der Waals surface area (Å²) >= 11 is 0. The zero-order valence-electron chi connectivity index (χ0n) is 25.9. The number of aromatic nitrogens is 3. The third-order valence-corrected chi connectivity index (χ3v) is 11.7. The molecule has 9 rings (SSSR count). The molecule has 6 nitrogen and oxygen atoms in total. The van der Waals surface area contributed by atoms with Crippen LogP contribution >= 0.6 is 0 Å². The number of alkyl halides is 1. The van der Waals surface area contributed by atoms with E-state index in [1.807, 2.05) is 12.1 Å². The van der Waals surface area contributed by atoms with Crippen molar-refractivity contribution in [3.63, 3.8) is 0 Å². The number of terminal acetylenes is 1. The lowest BCUT2D eigenvalue weighted by Crippen LogP contribution is -2.49.